The monoisotopic (exact) mass is 253 g/mol. The lowest BCUT2D eigenvalue weighted by Gasteiger charge is -1.98. The maximum Gasteiger partial charge on any atom is 0.331 e. The number of benzene rings is 1. The number of para-hydroxylation sites is 1. The molecule has 0 spiro atoms. The van der Waals surface area contributed by atoms with Gasteiger partial charge in [-0.25, -0.2) is 4.79 Å². The number of nitro benzene ring substituents is 1. The van der Waals surface area contributed by atoms with Crippen LogP contribution in [0, 0.1) is 10.1 Å². The first kappa shape index (κ1) is 13.2. The number of thioether (sulfide) groups is 1. The van der Waals surface area contributed by atoms with E-state index in [9.17, 15) is 14.9 Å². The maximum atomic E-state index is 11.0. The van der Waals surface area contributed by atoms with Gasteiger partial charge in [-0.05, 0) is 18.4 Å². The molecule has 17 heavy (non-hydrogen) atoms. The number of nitrogens with zero attached hydrogens (tertiary/aromatic N) is 1. The summed E-state index contributed by atoms with van der Waals surface area (Å²) in [6, 6.07) is 6.34. The number of carbonyl (C=O) groups excluding carboxylic acids is 1. The summed E-state index contributed by atoms with van der Waals surface area (Å²) in [6.45, 7) is 2.01. The molecule has 90 valence electrons. The van der Waals surface area contributed by atoms with Gasteiger partial charge in [0, 0.05) is 12.1 Å². The average molecular weight is 253 g/mol. The van der Waals surface area contributed by atoms with Crippen molar-refractivity contribution in [2.45, 2.75) is 11.8 Å². The Kier molecular flexibility index (Phi) is 5.22. The molecule has 0 aliphatic heterocycles. The van der Waals surface area contributed by atoms with Gasteiger partial charge in [0.2, 0.25) is 0 Å². The van der Waals surface area contributed by atoms with Gasteiger partial charge in [-0.3, -0.25) is 10.1 Å². The fraction of sp³-hybridized carbons (Fsp3) is 0.182. The SMILES string of the molecule is CCOC(=O)/C=C\Sc1ccccc1[N+](=O)[O-]. The molecule has 0 aromatic heterocycles. The zero-order valence-electron chi connectivity index (χ0n) is 9.16. The molecule has 1 rings (SSSR count). The molecule has 0 radical (unpaired) electrons. The maximum absolute atomic E-state index is 11.0. The van der Waals surface area contributed by atoms with E-state index < -0.39 is 10.9 Å². The lowest BCUT2D eigenvalue weighted by atomic mass is 10.3. The molecule has 0 saturated heterocycles. The van der Waals surface area contributed by atoms with Crippen molar-refractivity contribution in [1.82, 2.24) is 0 Å². The van der Waals surface area contributed by atoms with Crippen molar-refractivity contribution in [2.24, 2.45) is 0 Å². The molecule has 0 N–H and O–H groups in total. The first-order valence-electron chi connectivity index (χ1n) is 4.88. The fourth-order valence-corrected chi connectivity index (χ4v) is 1.81. The first-order chi connectivity index (χ1) is 8.15. The van der Waals surface area contributed by atoms with Gasteiger partial charge in [0.15, 0.2) is 0 Å². The Hall–Kier alpha value is -1.82. The summed E-state index contributed by atoms with van der Waals surface area (Å²) in [6.07, 6.45) is 1.24. The van der Waals surface area contributed by atoms with Gasteiger partial charge in [0.1, 0.15) is 0 Å². The van der Waals surface area contributed by atoms with Crippen molar-refractivity contribution < 1.29 is 14.5 Å². The van der Waals surface area contributed by atoms with E-state index >= 15 is 0 Å². The Labute approximate surface area is 103 Å². The summed E-state index contributed by atoms with van der Waals surface area (Å²) >= 11 is 1.11. The summed E-state index contributed by atoms with van der Waals surface area (Å²) in [7, 11) is 0. The van der Waals surface area contributed by atoms with Crippen LogP contribution in [0.15, 0.2) is 40.6 Å². The first-order valence-corrected chi connectivity index (χ1v) is 5.76. The summed E-state index contributed by atoms with van der Waals surface area (Å²) in [5.74, 6) is -0.460. The van der Waals surface area contributed by atoms with Crippen molar-refractivity contribution in [3.63, 3.8) is 0 Å². The minimum atomic E-state index is -0.460. The molecule has 1 aromatic carbocycles. The Morgan fingerprint density at radius 2 is 2.24 bits per heavy atom. The summed E-state index contributed by atoms with van der Waals surface area (Å²) < 4.78 is 4.68. The van der Waals surface area contributed by atoms with Crippen LogP contribution in [0.1, 0.15) is 6.92 Å². The van der Waals surface area contributed by atoms with Crippen LogP contribution in [0.5, 0.6) is 0 Å². The molecule has 0 fully saturated rings. The molecule has 0 aliphatic carbocycles. The highest BCUT2D eigenvalue weighted by molar-refractivity contribution is 8.02. The van der Waals surface area contributed by atoms with Gasteiger partial charge >= 0.3 is 5.97 Å². The second-order valence-electron chi connectivity index (χ2n) is 2.90. The highest BCUT2D eigenvalue weighted by Crippen LogP contribution is 2.29. The molecule has 5 nitrogen and oxygen atoms in total. The van der Waals surface area contributed by atoms with Crippen LogP contribution in [0.3, 0.4) is 0 Å². The highest BCUT2D eigenvalue weighted by Gasteiger charge is 2.11. The lowest BCUT2D eigenvalue weighted by molar-refractivity contribution is -0.387. The fourth-order valence-electron chi connectivity index (χ4n) is 1.06. The molecule has 0 bridgehead atoms. The molecular formula is C11H11NO4S. The Morgan fingerprint density at radius 1 is 1.53 bits per heavy atom. The van der Waals surface area contributed by atoms with Crippen molar-refractivity contribution >= 4 is 23.4 Å². The van der Waals surface area contributed by atoms with E-state index in [4.69, 9.17) is 0 Å². The topological polar surface area (TPSA) is 69.4 Å². The molecule has 0 unspecified atom stereocenters. The minimum absolute atomic E-state index is 0.0195. The van der Waals surface area contributed by atoms with E-state index in [0.29, 0.717) is 11.5 Å². The minimum Gasteiger partial charge on any atom is -0.463 e. The number of hydrogen-bond donors (Lipinski definition) is 0. The van der Waals surface area contributed by atoms with Gasteiger partial charge in [-0.15, -0.1) is 0 Å². The zero-order chi connectivity index (χ0) is 12.7. The smallest absolute Gasteiger partial charge is 0.331 e. The van der Waals surface area contributed by atoms with Gasteiger partial charge in [-0.1, -0.05) is 23.9 Å². The Morgan fingerprint density at radius 3 is 2.88 bits per heavy atom. The molecule has 0 aliphatic rings. The van der Waals surface area contributed by atoms with Crippen LogP contribution in [-0.2, 0) is 9.53 Å². The standard InChI is InChI=1S/C11H11NO4S/c1-2-16-11(13)7-8-17-10-6-4-3-5-9(10)12(14)15/h3-8H,2H2,1H3/b8-7-. The molecule has 1 aromatic rings. The molecule has 0 saturated carbocycles. The average Bonchev–Trinajstić information content (AvgIpc) is 2.30. The number of nitro groups is 1. The lowest BCUT2D eigenvalue weighted by Crippen LogP contribution is -1.98. The Bertz CT molecular complexity index is 445. The van der Waals surface area contributed by atoms with Gasteiger partial charge < -0.3 is 4.74 Å². The van der Waals surface area contributed by atoms with Crippen LogP contribution in [0.25, 0.3) is 0 Å². The molecule has 6 heteroatoms. The van der Waals surface area contributed by atoms with E-state index in [2.05, 4.69) is 4.74 Å². The zero-order valence-corrected chi connectivity index (χ0v) is 9.98. The van der Waals surface area contributed by atoms with Crippen LogP contribution in [-0.4, -0.2) is 17.5 Å². The van der Waals surface area contributed by atoms with Crippen molar-refractivity contribution in [2.75, 3.05) is 6.61 Å². The number of rotatable bonds is 5. The highest BCUT2D eigenvalue weighted by atomic mass is 32.2. The van der Waals surface area contributed by atoms with E-state index in [0.717, 1.165) is 11.8 Å². The van der Waals surface area contributed by atoms with Crippen LogP contribution < -0.4 is 0 Å². The summed E-state index contributed by atoms with van der Waals surface area (Å²) in [5.41, 5.74) is 0.0195. The van der Waals surface area contributed by atoms with Crippen LogP contribution >= 0.6 is 11.8 Å². The normalized spacial score (nSPS) is 10.4. The number of carbonyl (C=O) groups is 1. The third-order valence-electron chi connectivity index (χ3n) is 1.75. The van der Waals surface area contributed by atoms with Crippen LogP contribution in [0.2, 0.25) is 0 Å². The van der Waals surface area contributed by atoms with Crippen molar-refractivity contribution in [3.8, 4) is 0 Å². The quantitative estimate of drug-likeness (QED) is 0.265. The summed E-state index contributed by atoms with van der Waals surface area (Å²) in [5, 5.41) is 12.2. The third-order valence-corrected chi connectivity index (χ3v) is 2.62. The second kappa shape index (κ2) is 6.70. The van der Waals surface area contributed by atoms with Gasteiger partial charge in [0.05, 0.1) is 16.4 Å². The largest absolute Gasteiger partial charge is 0.463 e. The molecule has 0 heterocycles. The van der Waals surface area contributed by atoms with Crippen molar-refractivity contribution in [1.29, 1.82) is 0 Å². The second-order valence-corrected chi connectivity index (χ2v) is 3.85. The van der Waals surface area contributed by atoms with Crippen LogP contribution in [0.4, 0.5) is 5.69 Å². The number of hydrogen-bond acceptors (Lipinski definition) is 5. The number of ether oxygens (including phenoxy) is 1. The summed E-state index contributed by atoms with van der Waals surface area (Å²) in [4.78, 5) is 21.7. The molecular weight excluding hydrogens is 242 g/mol. The van der Waals surface area contributed by atoms with Crippen molar-refractivity contribution in [3.05, 3.63) is 45.9 Å². The van der Waals surface area contributed by atoms with E-state index in [1.165, 1.54) is 17.6 Å². The molecule has 0 atom stereocenters. The van der Waals surface area contributed by atoms with E-state index in [-0.39, 0.29) is 5.69 Å². The van der Waals surface area contributed by atoms with Gasteiger partial charge in [-0.2, -0.15) is 0 Å². The molecule has 0 amide bonds. The third kappa shape index (κ3) is 4.28. The predicted octanol–water partition coefficient (Wildman–Crippen LogP) is 2.76. The predicted molar refractivity (Wildman–Crippen MR) is 64.7 cm³/mol. The van der Waals surface area contributed by atoms with E-state index in [1.807, 2.05) is 0 Å². The number of esters is 1. The Balaban J connectivity index is 2.69. The van der Waals surface area contributed by atoms with Gasteiger partial charge in [0.25, 0.3) is 5.69 Å². The van der Waals surface area contributed by atoms with E-state index in [1.54, 1.807) is 25.1 Å².